The number of sulfonamides is 1. The van der Waals surface area contributed by atoms with Gasteiger partial charge in [-0.15, -0.1) is 0 Å². The zero-order valence-corrected chi connectivity index (χ0v) is 19.4. The highest BCUT2D eigenvalue weighted by molar-refractivity contribution is 7.89. The Morgan fingerprint density at radius 2 is 1.76 bits per heavy atom. The van der Waals surface area contributed by atoms with Crippen molar-refractivity contribution in [3.8, 4) is 11.5 Å². The van der Waals surface area contributed by atoms with Crippen LogP contribution in [0.1, 0.15) is 39.5 Å². The number of imide groups is 1. The van der Waals surface area contributed by atoms with E-state index in [2.05, 4.69) is 15.4 Å². The zero-order valence-electron chi connectivity index (χ0n) is 18.6. The van der Waals surface area contributed by atoms with E-state index in [1.165, 1.54) is 18.2 Å². The molecule has 1 saturated carbocycles. The van der Waals surface area contributed by atoms with Crippen LogP contribution in [0, 0.1) is 5.92 Å². The van der Waals surface area contributed by atoms with Crippen LogP contribution < -0.4 is 24.8 Å². The summed E-state index contributed by atoms with van der Waals surface area (Å²) in [5.74, 6) is -1.49. The second-order valence-corrected chi connectivity index (χ2v) is 9.97. The van der Waals surface area contributed by atoms with E-state index in [9.17, 15) is 22.8 Å². The van der Waals surface area contributed by atoms with Gasteiger partial charge in [0.05, 0.1) is 4.90 Å². The molecule has 1 aromatic carbocycles. The Morgan fingerprint density at radius 3 is 2.42 bits per heavy atom. The molecule has 0 saturated heterocycles. The van der Waals surface area contributed by atoms with Gasteiger partial charge in [0.1, 0.15) is 19.3 Å². The van der Waals surface area contributed by atoms with E-state index in [-0.39, 0.29) is 10.9 Å². The molecular weight excluding hydrogens is 454 g/mol. The molecule has 0 bridgehead atoms. The lowest BCUT2D eigenvalue weighted by molar-refractivity contribution is -0.150. The molecular formula is C21H29N3O8S. The van der Waals surface area contributed by atoms with Crippen molar-refractivity contribution in [3.63, 3.8) is 0 Å². The van der Waals surface area contributed by atoms with E-state index in [1.807, 2.05) is 0 Å². The highest BCUT2D eigenvalue weighted by atomic mass is 32.2. The number of carbonyl (C=O) groups is 3. The third kappa shape index (κ3) is 6.81. The smallest absolute Gasteiger partial charge is 0.324 e. The first kappa shape index (κ1) is 24.8. The van der Waals surface area contributed by atoms with Crippen molar-refractivity contribution in [1.29, 1.82) is 0 Å². The van der Waals surface area contributed by atoms with Crippen LogP contribution >= 0.6 is 0 Å². The summed E-state index contributed by atoms with van der Waals surface area (Å²) >= 11 is 0. The van der Waals surface area contributed by atoms with Gasteiger partial charge in [0, 0.05) is 12.1 Å². The lowest BCUT2D eigenvalue weighted by Gasteiger charge is -2.22. The number of hydrogen-bond acceptors (Lipinski definition) is 8. The van der Waals surface area contributed by atoms with Crippen molar-refractivity contribution in [3.05, 3.63) is 18.2 Å². The molecule has 1 atom stereocenters. The highest BCUT2D eigenvalue weighted by Crippen LogP contribution is 2.32. The van der Waals surface area contributed by atoms with Crippen LogP contribution in [0.4, 0.5) is 4.79 Å². The molecule has 0 aromatic heterocycles. The molecule has 1 heterocycles. The Morgan fingerprint density at radius 1 is 1.09 bits per heavy atom. The van der Waals surface area contributed by atoms with E-state index in [0.29, 0.717) is 24.7 Å². The Bertz CT molecular complexity index is 989. The van der Waals surface area contributed by atoms with Crippen molar-refractivity contribution in [2.75, 3.05) is 19.8 Å². The Balaban J connectivity index is 1.56. The van der Waals surface area contributed by atoms with Gasteiger partial charge >= 0.3 is 12.0 Å². The van der Waals surface area contributed by atoms with Crippen LogP contribution in [-0.2, 0) is 24.3 Å². The summed E-state index contributed by atoms with van der Waals surface area (Å²) in [7, 11) is -4.11. The lowest BCUT2D eigenvalue weighted by atomic mass is 10.1. The van der Waals surface area contributed by atoms with E-state index >= 15 is 0 Å². The molecule has 1 unspecified atom stereocenters. The third-order valence-electron chi connectivity index (χ3n) is 5.32. The number of amides is 3. The van der Waals surface area contributed by atoms with E-state index < -0.39 is 46.5 Å². The Labute approximate surface area is 192 Å². The number of benzene rings is 1. The Hall–Kier alpha value is -2.86. The van der Waals surface area contributed by atoms with Crippen molar-refractivity contribution in [2.45, 2.75) is 56.5 Å². The fourth-order valence-corrected chi connectivity index (χ4v) is 4.91. The van der Waals surface area contributed by atoms with Crippen molar-refractivity contribution >= 4 is 27.9 Å². The van der Waals surface area contributed by atoms with Crippen LogP contribution in [0.25, 0.3) is 0 Å². The minimum absolute atomic E-state index is 0.0284. The summed E-state index contributed by atoms with van der Waals surface area (Å²) in [4.78, 5) is 36.2. The van der Waals surface area contributed by atoms with Gasteiger partial charge in [-0.25, -0.2) is 13.2 Å². The van der Waals surface area contributed by atoms with Crippen molar-refractivity contribution < 1.29 is 37.0 Å². The van der Waals surface area contributed by atoms with Crippen LogP contribution in [0.15, 0.2) is 23.1 Å². The zero-order chi connectivity index (χ0) is 24.0. The molecule has 182 valence electrons. The predicted molar refractivity (Wildman–Crippen MR) is 116 cm³/mol. The molecule has 1 aliphatic heterocycles. The Kier molecular flexibility index (Phi) is 8.14. The van der Waals surface area contributed by atoms with E-state index in [0.717, 1.165) is 25.7 Å². The van der Waals surface area contributed by atoms with Gasteiger partial charge in [0.25, 0.3) is 5.91 Å². The SMILES string of the molecule is CC(C)C(NS(=O)(=O)c1ccc2c(c1)OCCO2)C(=O)OCC(=O)NC(=O)NC1CCCC1. The summed E-state index contributed by atoms with van der Waals surface area (Å²) in [6.45, 7) is 3.21. The van der Waals surface area contributed by atoms with E-state index in [1.54, 1.807) is 13.8 Å². The van der Waals surface area contributed by atoms with Gasteiger partial charge in [-0.1, -0.05) is 26.7 Å². The molecule has 3 N–H and O–H groups in total. The molecule has 1 fully saturated rings. The topological polar surface area (TPSA) is 149 Å². The maximum Gasteiger partial charge on any atom is 0.324 e. The number of nitrogens with one attached hydrogen (secondary N) is 3. The second kappa shape index (κ2) is 10.8. The van der Waals surface area contributed by atoms with Crippen molar-refractivity contribution in [1.82, 2.24) is 15.4 Å². The maximum absolute atomic E-state index is 12.8. The molecule has 3 amide bonds. The van der Waals surface area contributed by atoms with Crippen LogP contribution in [0.2, 0.25) is 0 Å². The van der Waals surface area contributed by atoms with Gasteiger partial charge in [0.2, 0.25) is 10.0 Å². The summed E-state index contributed by atoms with van der Waals surface area (Å²) in [5.41, 5.74) is 0. The van der Waals surface area contributed by atoms with Crippen molar-refractivity contribution in [2.24, 2.45) is 5.92 Å². The molecule has 0 radical (unpaired) electrons. The van der Waals surface area contributed by atoms with Gasteiger partial charge in [-0.05, 0) is 30.9 Å². The number of fused-ring (bicyclic) bond motifs is 1. The van der Waals surface area contributed by atoms with Crippen LogP contribution in [-0.4, -0.2) is 58.2 Å². The fraction of sp³-hybridized carbons (Fsp3) is 0.571. The van der Waals surface area contributed by atoms with Gasteiger partial charge < -0.3 is 19.5 Å². The number of hydrogen-bond donors (Lipinski definition) is 3. The molecule has 0 spiro atoms. The molecule has 1 aliphatic carbocycles. The van der Waals surface area contributed by atoms with Crippen LogP contribution in [0.5, 0.6) is 11.5 Å². The standard InChI is InChI=1S/C21H29N3O8S/c1-13(2)19(20(26)32-12-18(25)23-21(27)22-14-5-3-4-6-14)24-33(28,29)15-7-8-16-17(11-15)31-10-9-30-16/h7-8,11,13-14,19,24H,3-6,9-10,12H2,1-2H3,(H2,22,23,25,27). The maximum atomic E-state index is 12.8. The minimum atomic E-state index is -4.11. The molecule has 11 nitrogen and oxygen atoms in total. The van der Waals surface area contributed by atoms with Gasteiger partial charge in [0.15, 0.2) is 18.1 Å². The fourth-order valence-electron chi connectivity index (χ4n) is 3.56. The molecule has 12 heteroatoms. The number of urea groups is 1. The summed E-state index contributed by atoms with van der Waals surface area (Å²) in [5, 5.41) is 4.79. The molecule has 2 aliphatic rings. The van der Waals surface area contributed by atoms with E-state index in [4.69, 9.17) is 14.2 Å². The monoisotopic (exact) mass is 483 g/mol. The molecule has 33 heavy (non-hydrogen) atoms. The average molecular weight is 484 g/mol. The van der Waals surface area contributed by atoms with Crippen LogP contribution in [0.3, 0.4) is 0 Å². The first-order valence-electron chi connectivity index (χ1n) is 10.8. The molecule has 3 rings (SSSR count). The molecule has 1 aromatic rings. The quantitative estimate of drug-likeness (QED) is 0.465. The number of carbonyl (C=O) groups excluding carboxylic acids is 3. The van der Waals surface area contributed by atoms with Gasteiger partial charge in [-0.3, -0.25) is 14.9 Å². The lowest BCUT2D eigenvalue weighted by Crippen LogP contribution is -2.47. The average Bonchev–Trinajstić information content (AvgIpc) is 3.28. The number of esters is 1. The summed E-state index contributed by atoms with van der Waals surface area (Å²) in [6, 6.07) is 2.27. The first-order valence-corrected chi connectivity index (χ1v) is 12.3. The first-order chi connectivity index (χ1) is 15.7. The van der Waals surface area contributed by atoms with Gasteiger partial charge in [-0.2, -0.15) is 4.72 Å². The third-order valence-corrected chi connectivity index (χ3v) is 6.75. The summed E-state index contributed by atoms with van der Waals surface area (Å²) in [6.07, 6.45) is 3.76. The largest absolute Gasteiger partial charge is 0.486 e. The predicted octanol–water partition coefficient (Wildman–Crippen LogP) is 1.07. The normalized spacial score (nSPS) is 16.8. The minimum Gasteiger partial charge on any atom is -0.486 e. The number of rotatable bonds is 8. The summed E-state index contributed by atoms with van der Waals surface area (Å²) < 4.78 is 43.8. The second-order valence-electron chi connectivity index (χ2n) is 8.26. The number of ether oxygens (including phenoxy) is 3. The highest BCUT2D eigenvalue weighted by Gasteiger charge is 2.31.